The van der Waals surface area contributed by atoms with Crippen LogP contribution >= 0.6 is 0 Å². The lowest BCUT2D eigenvalue weighted by atomic mass is 9.81. The number of carboxylic acid groups (broad SMARTS) is 1. The molecule has 8 heteroatoms. The van der Waals surface area contributed by atoms with Crippen LogP contribution in [0.2, 0.25) is 0 Å². The van der Waals surface area contributed by atoms with Crippen LogP contribution in [-0.2, 0) is 27.4 Å². The van der Waals surface area contributed by atoms with Crippen molar-refractivity contribution in [1.29, 1.82) is 0 Å². The maximum atomic E-state index is 12.8. The van der Waals surface area contributed by atoms with Crippen LogP contribution in [0.15, 0.2) is 54.6 Å². The molecule has 3 N–H and O–H groups in total. The Morgan fingerprint density at radius 1 is 0.946 bits per heavy atom. The fraction of sp³-hybridized carbons (Fsp3) is 0.483. The van der Waals surface area contributed by atoms with E-state index in [0.717, 1.165) is 24.0 Å². The van der Waals surface area contributed by atoms with Gasteiger partial charge in [-0.25, -0.2) is 9.59 Å². The van der Waals surface area contributed by atoms with Crippen molar-refractivity contribution in [1.82, 2.24) is 10.6 Å². The zero-order valence-electron chi connectivity index (χ0n) is 21.9. The Kier molecular flexibility index (Phi) is 9.94. The molecule has 8 nitrogen and oxygen atoms in total. The molecular formula is C29H38N2O6. The smallest absolute Gasteiger partial charge is 0.407 e. The van der Waals surface area contributed by atoms with Crippen LogP contribution in [-0.4, -0.2) is 41.3 Å². The zero-order chi connectivity index (χ0) is 26.8. The lowest BCUT2D eigenvalue weighted by molar-refractivity contribution is -0.142. The van der Waals surface area contributed by atoms with Gasteiger partial charge in [-0.3, -0.25) is 4.79 Å². The van der Waals surface area contributed by atoms with Crippen LogP contribution in [0.3, 0.4) is 0 Å². The van der Waals surface area contributed by atoms with Crippen molar-refractivity contribution in [2.45, 2.75) is 71.1 Å². The molecule has 200 valence electrons. The highest BCUT2D eigenvalue weighted by molar-refractivity contribution is 5.85. The Balaban J connectivity index is 1.43. The van der Waals surface area contributed by atoms with Gasteiger partial charge in [0.2, 0.25) is 5.91 Å². The number of aliphatic carboxylic acids is 1. The van der Waals surface area contributed by atoms with Gasteiger partial charge in [-0.1, -0.05) is 42.5 Å². The van der Waals surface area contributed by atoms with Gasteiger partial charge in [0.05, 0.1) is 0 Å². The number of carbonyl (C=O) groups excluding carboxylic acids is 2. The lowest BCUT2D eigenvalue weighted by Gasteiger charge is -2.29. The number of alkyl carbamates (subject to hydrolysis) is 1. The van der Waals surface area contributed by atoms with Crippen LogP contribution in [0.25, 0.3) is 0 Å². The van der Waals surface area contributed by atoms with E-state index in [1.54, 1.807) is 0 Å². The maximum Gasteiger partial charge on any atom is 0.407 e. The Morgan fingerprint density at radius 3 is 2.19 bits per heavy atom. The highest BCUT2D eigenvalue weighted by Crippen LogP contribution is 2.29. The molecule has 1 aliphatic carbocycles. The summed E-state index contributed by atoms with van der Waals surface area (Å²) in [5.41, 5.74) is 1.32. The molecule has 2 aromatic carbocycles. The minimum atomic E-state index is -1.06. The Hall–Kier alpha value is -3.55. The third-order valence-corrected chi connectivity index (χ3v) is 6.38. The van der Waals surface area contributed by atoms with Crippen molar-refractivity contribution in [2.24, 2.45) is 11.8 Å². The number of carbonyl (C=O) groups is 3. The molecule has 1 atom stereocenters. The van der Waals surface area contributed by atoms with Crippen LogP contribution < -0.4 is 15.4 Å². The van der Waals surface area contributed by atoms with Crippen LogP contribution in [0.4, 0.5) is 4.79 Å². The fourth-order valence-electron chi connectivity index (χ4n) is 4.36. The largest absolute Gasteiger partial charge is 0.489 e. The van der Waals surface area contributed by atoms with Crippen LogP contribution in [0.1, 0.15) is 57.6 Å². The Bertz CT molecular complexity index is 1020. The summed E-state index contributed by atoms with van der Waals surface area (Å²) in [4.78, 5) is 36.5. The van der Waals surface area contributed by atoms with E-state index in [4.69, 9.17) is 9.47 Å². The number of hydrogen-bond donors (Lipinski definition) is 3. The van der Waals surface area contributed by atoms with Gasteiger partial charge in [0.25, 0.3) is 0 Å². The number of rotatable bonds is 10. The number of nitrogens with one attached hydrogen (secondary N) is 2. The molecule has 0 heterocycles. The second-order valence-corrected chi connectivity index (χ2v) is 10.6. The van der Waals surface area contributed by atoms with E-state index in [1.165, 1.54) is 0 Å². The topological polar surface area (TPSA) is 114 Å². The minimum Gasteiger partial charge on any atom is -0.489 e. The molecule has 1 aliphatic rings. The summed E-state index contributed by atoms with van der Waals surface area (Å²) in [6.07, 6.45) is 2.65. The van der Waals surface area contributed by atoms with Gasteiger partial charge < -0.3 is 25.2 Å². The van der Waals surface area contributed by atoms with Gasteiger partial charge in [-0.2, -0.15) is 0 Å². The molecule has 37 heavy (non-hydrogen) atoms. The SMILES string of the molecule is CC(C)(C)OC(=O)NCC1CCC(C(=O)N[C@@H](Cc2ccc(OCc3ccccc3)cc2)C(=O)O)CC1. The van der Waals surface area contributed by atoms with Crippen molar-refractivity contribution in [3.05, 3.63) is 65.7 Å². The molecule has 0 bridgehead atoms. The normalized spacial score (nSPS) is 18.4. The predicted octanol–water partition coefficient (Wildman–Crippen LogP) is 4.71. The molecule has 0 spiro atoms. The summed E-state index contributed by atoms with van der Waals surface area (Å²) < 4.78 is 11.1. The summed E-state index contributed by atoms with van der Waals surface area (Å²) in [5, 5.41) is 15.2. The highest BCUT2D eigenvalue weighted by Gasteiger charge is 2.30. The van der Waals surface area contributed by atoms with Gasteiger partial charge in [0.15, 0.2) is 0 Å². The molecule has 0 unspecified atom stereocenters. The number of ether oxygens (including phenoxy) is 2. The minimum absolute atomic E-state index is 0.190. The predicted molar refractivity (Wildman–Crippen MR) is 140 cm³/mol. The number of amides is 2. The first kappa shape index (κ1) is 28.0. The zero-order valence-corrected chi connectivity index (χ0v) is 21.9. The number of carboxylic acids is 1. The van der Waals surface area contributed by atoms with E-state index < -0.39 is 23.7 Å². The molecule has 2 aromatic rings. The molecule has 3 rings (SSSR count). The first-order valence-corrected chi connectivity index (χ1v) is 12.8. The molecule has 0 aromatic heterocycles. The summed E-state index contributed by atoms with van der Waals surface area (Å²) in [6.45, 7) is 6.41. The number of benzene rings is 2. The third-order valence-electron chi connectivity index (χ3n) is 6.38. The lowest BCUT2D eigenvalue weighted by Crippen LogP contribution is -2.46. The summed E-state index contributed by atoms with van der Waals surface area (Å²) >= 11 is 0. The van der Waals surface area contributed by atoms with E-state index in [9.17, 15) is 19.5 Å². The second kappa shape index (κ2) is 13.1. The van der Waals surface area contributed by atoms with Crippen LogP contribution in [0, 0.1) is 11.8 Å². The molecule has 0 saturated heterocycles. The van der Waals surface area contributed by atoms with Crippen LogP contribution in [0.5, 0.6) is 5.75 Å². The maximum absolute atomic E-state index is 12.8. The fourth-order valence-corrected chi connectivity index (χ4v) is 4.36. The van der Waals surface area contributed by atoms with Crippen molar-refractivity contribution in [3.63, 3.8) is 0 Å². The number of hydrogen-bond acceptors (Lipinski definition) is 5. The van der Waals surface area contributed by atoms with Gasteiger partial charge in [0.1, 0.15) is 24.0 Å². The Labute approximate surface area is 218 Å². The third kappa shape index (κ3) is 9.79. The average molecular weight is 511 g/mol. The van der Waals surface area contributed by atoms with E-state index >= 15 is 0 Å². The summed E-state index contributed by atoms with van der Waals surface area (Å²) in [5.74, 6) is -0.550. The highest BCUT2D eigenvalue weighted by atomic mass is 16.6. The standard InChI is InChI=1S/C29H38N2O6/c1-29(2,3)37-28(35)30-18-21-9-13-23(14-10-21)26(32)31-25(27(33)34)17-20-11-15-24(16-12-20)36-19-22-7-5-4-6-8-22/h4-8,11-12,15-16,21,23,25H,9-10,13-14,17-19H2,1-3H3,(H,30,35)(H,31,32)(H,33,34)/t21?,23?,25-/m0/s1. The van der Waals surface area contributed by atoms with E-state index in [0.29, 0.717) is 31.7 Å². The van der Waals surface area contributed by atoms with E-state index in [1.807, 2.05) is 75.4 Å². The monoisotopic (exact) mass is 510 g/mol. The first-order chi connectivity index (χ1) is 17.6. The van der Waals surface area contributed by atoms with Gasteiger partial charge in [-0.05, 0) is 75.6 Å². The van der Waals surface area contributed by atoms with Gasteiger partial charge in [-0.15, -0.1) is 0 Å². The Morgan fingerprint density at radius 2 is 1.59 bits per heavy atom. The first-order valence-electron chi connectivity index (χ1n) is 12.8. The molecule has 0 aliphatic heterocycles. The quantitative estimate of drug-likeness (QED) is 0.427. The van der Waals surface area contributed by atoms with Gasteiger partial charge >= 0.3 is 12.1 Å². The molecular weight excluding hydrogens is 472 g/mol. The van der Waals surface area contributed by atoms with Crippen molar-refractivity contribution < 1.29 is 29.0 Å². The van der Waals surface area contributed by atoms with Gasteiger partial charge in [0, 0.05) is 18.9 Å². The molecule has 1 saturated carbocycles. The van der Waals surface area contributed by atoms with Crippen molar-refractivity contribution in [3.8, 4) is 5.75 Å². The molecule has 0 radical (unpaired) electrons. The summed E-state index contributed by atoms with van der Waals surface area (Å²) in [6, 6.07) is 16.1. The van der Waals surface area contributed by atoms with E-state index in [-0.39, 0.29) is 24.2 Å². The average Bonchev–Trinajstić information content (AvgIpc) is 2.86. The van der Waals surface area contributed by atoms with E-state index in [2.05, 4.69) is 10.6 Å². The second-order valence-electron chi connectivity index (χ2n) is 10.6. The summed E-state index contributed by atoms with van der Waals surface area (Å²) in [7, 11) is 0. The van der Waals surface area contributed by atoms with Crippen molar-refractivity contribution in [2.75, 3.05) is 6.54 Å². The molecule has 1 fully saturated rings. The molecule has 2 amide bonds. The van der Waals surface area contributed by atoms with Crippen molar-refractivity contribution >= 4 is 18.0 Å².